The molecule has 1 aromatic carbocycles. The molecule has 49 heavy (non-hydrogen) atoms. The SMILES string of the molecule is CC(=O)N[C@@H](CCCCNC(=O)OC(C)(C)C)C(=O)N[C@@H](Cc1ccc(OC(C)(C)C)cc1)C(=O)NCCCCCC(=O)NNCC(=O)O. The Balaban J connectivity index is 2.82. The largest absolute Gasteiger partial charge is 0.488 e. The molecule has 0 bridgehead atoms. The average molecular weight is 693 g/mol. The van der Waals surface area contributed by atoms with Crippen molar-refractivity contribution in [3.05, 3.63) is 29.8 Å². The zero-order chi connectivity index (χ0) is 37.0. The molecule has 7 N–H and O–H groups in total. The molecule has 0 unspecified atom stereocenters. The topological polar surface area (TPSA) is 213 Å². The van der Waals surface area contributed by atoms with E-state index in [9.17, 15) is 28.8 Å². The summed E-state index contributed by atoms with van der Waals surface area (Å²) in [7, 11) is 0. The second kappa shape index (κ2) is 21.5. The fourth-order valence-electron chi connectivity index (χ4n) is 4.46. The Bertz CT molecular complexity index is 1230. The van der Waals surface area contributed by atoms with Crippen LogP contribution in [0, 0.1) is 0 Å². The Morgan fingerprint density at radius 3 is 1.98 bits per heavy atom. The van der Waals surface area contributed by atoms with Gasteiger partial charge in [0.2, 0.25) is 23.6 Å². The van der Waals surface area contributed by atoms with E-state index >= 15 is 0 Å². The highest BCUT2D eigenvalue weighted by Crippen LogP contribution is 2.19. The van der Waals surface area contributed by atoms with Crippen LogP contribution in [0.3, 0.4) is 0 Å². The molecule has 0 saturated heterocycles. The van der Waals surface area contributed by atoms with Gasteiger partial charge in [-0.05, 0) is 91.3 Å². The average Bonchev–Trinajstić information content (AvgIpc) is 2.96. The molecule has 15 nitrogen and oxygen atoms in total. The summed E-state index contributed by atoms with van der Waals surface area (Å²) in [5, 5.41) is 19.6. The molecule has 2 atom stereocenters. The number of carbonyl (C=O) groups excluding carboxylic acids is 5. The zero-order valence-corrected chi connectivity index (χ0v) is 30.0. The second-order valence-electron chi connectivity index (χ2n) is 13.7. The van der Waals surface area contributed by atoms with E-state index in [0.717, 1.165) is 5.56 Å². The summed E-state index contributed by atoms with van der Waals surface area (Å²) in [6.07, 6.45) is 2.91. The van der Waals surface area contributed by atoms with E-state index in [1.807, 2.05) is 32.9 Å². The number of hydrazine groups is 1. The Hall–Kier alpha value is -4.40. The summed E-state index contributed by atoms with van der Waals surface area (Å²) in [4.78, 5) is 72.9. The first-order chi connectivity index (χ1) is 22.8. The number of amides is 5. The van der Waals surface area contributed by atoms with Gasteiger partial charge in [0, 0.05) is 32.9 Å². The van der Waals surface area contributed by atoms with Crippen LogP contribution in [0.2, 0.25) is 0 Å². The predicted octanol–water partition coefficient (Wildman–Crippen LogP) is 2.47. The molecule has 0 radical (unpaired) electrons. The van der Waals surface area contributed by atoms with Gasteiger partial charge in [-0.15, -0.1) is 0 Å². The number of carboxylic acids is 1. The fraction of sp³-hybridized carbons (Fsp3) is 0.647. The van der Waals surface area contributed by atoms with Crippen molar-refractivity contribution < 1.29 is 43.3 Å². The minimum atomic E-state index is -1.09. The van der Waals surface area contributed by atoms with Crippen molar-refractivity contribution in [2.45, 2.75) is 123 Å². The number of ether oxygens (including phenoxy) is 2. The quantitative estimate of drug-likeness (QED) is 0.0739. The second-order valence-corrected chi connectivity index (χ2v) is 13.7. The number of benzene rings is 1. The van der Waals surface area contributed by atoms with Gasteiger partial charge in [-0.25, -0.2) is 10.2 Å². The number of nitrogens with one attached hydrogen (secondary N) is 6. The summed E-state index contributed by atoms with van der Waals surface area (Å²) < 4.78 is 11.1. The molecular weight excluding hydrogens is 636 g/mol. The van der Waals surface area contributed by atoms with Crippen LogP contribution in [0.5, 0.6) is 5.75 Å². The normalized spacial score (nSPS) is 12.6. The molecule has 0 spiro atoms. The van der Waals surface area contributed by atoms with E-state index in [-0.39, 0.29) is 37.3 Å². The van der Waals surface area contributed by atoms with Crippen molar-refractivity contribution in [2.75, 3.05) is 19.6 Å². The Labute approximate surface area is 289 Å². The molecule has 0 saturated carbocycles. The molecule has 5 amide bonds. The lowest BCUT2D eigenvalue weighted by atomic mass is 10.0. The van der Waals surface area contributed by atoms with Crippen molar-refractivity contribution in [2.24, 2.45) is 0 Å². The highest BCUT2D eigenvalue weighted by Gasteiger charge is 2.26. The molecule has 1 rings (SSSR count). The van der Waals surface area contributed by atoms with E-state index in [1.54, 1.807) is 32.9 Å². The lowest BCUT2D eigenvalue weighted by Crippen LogP contribution is -2.54. The van der Waals surface area contributed by atoms with E-state index < -0.39 is 47.5 Å². The van der Waals surface area contributed by atoms with Crippen LogP contribution >= 0.6 is 0 Å². The maximum atomic E-state index is 13.4. The van der Waals surface area contributed by atoms with Crippen LogP contribution in [0.1, 0.15) is 99.0 Å². The van der Waals surface area contributed by atoms with E-state index in [2.05, 4.69) is 32.1 Å². The Morgan fingerprint density at radius 1 is 0.755 bits per heavy atom. The summed E-state index contributed by atoms with van der Waals surface area (Å²) >= 11 is 0. The van der Waals surface area contributed by atoms with E-state index in [0.29, 0.717) is 50.9 Å². The van der Waals surface area contributed by atoms with Gasteiger partial charge in [0.05, 0.1) is 0 Å². The molecule has 1 aromatic rings. The van der Waals surface area contributed by atoms with Gasteiger partial charge in [-0.1, -0.05) is 18.6 Å². The van der Waals surface area contributed by atoms with Crippen molar-refractivity contribution >= 4 is 35.7 Å². The van der Waals surface area contributed by atoms with Crippen molar-refractivity contribution in [3.8, 4) is 5.75 Å². The number of rotatable bonds is 21. The highest BCUT2D eigenvalue weighted by molar-refractivity contribution is 5.92. The van der Waals surface area contributed by atoms with Gasteiger partial charge in [-0.3, -0.25) is 29.4 Å². The maximum absolute atomic E-state index is 13.4. The predicted molar refractivity (Wildman–Crippen MR) is 183 cm³/mol. The number of carbonyl (C=O) groups is 6. The first-order valence-corrected chi connectivity index (χ1v) is 16.7. The van der Waals surface area contributed by atoms with Crippen molar-refractivity contribution in [3.63, 3.8) is 0 Å². The van der Waals surface area contributed by atoms with Gasteiger partial charge in [0.25, 0.3) is 0 Å². The monoisotopic (exact) mass is 692 g/mol. The lowest BCUT2D eigenvalue weighted by Gasteiger charge is -2.24. The molecule has 0 aliphatic rings. The molecule has 0 aliphatic heterocycles. The van der Waals surface area contributed by atoms with Gasteiger partial charge >= 0.3 is 12.1 Å². The Kier molecular flexibility index (Phi) is 18.7. The molecule has 0 fully saturated rings. The summed E-state index contributed by atoms with van der Waals surface area (Å²) in [6, 6.07) is 5.41. The van der Waals surface area contributed by atoms with Crippen LogP contribution in [-0.4, -0.2) is 83.7 Å². The Morgan fingerprint density at radius 2 is 1.39 bits per heavy atom. The van der Waals surface area contributed by atoms with Crippen molar-refractivity contribution in [1.29, 1.82) is 0 Å². The zero-order valence-electron chi connectivity index (χ0n) is 30.0. The number of unbranched alkanes of at least 4 members (excludes halogenated alkanes) is 3. The molecular formula is C34H56N6O9. The summed E-state index contributed by atoms with van der Waals surface area (Å²) in [5.41, 5.74) is 4.41. The minimum absolute atomic E-state index is 0.184. The van der Waals surface area contributed by atoms with Gasteiger partial charge in [-0.2, -0.15) is 0 Å². The third-order valence-electron chi connectivity index (χ3n) is 6.55. The van der Waals surface area contributed by atoms with Gasteiger partial charge < -0.3 is 35.8 Å². The maximum Gasteiger partial charge on any atom is 0.407 e. The first kappa shape index (κ1) is 42.6. The molecule has 0 heterocycles. The standard InChI is InChI=1S/C34H56N6O9/c1-23(41)38-26(13-10-12-20-36-32(47)49-34(5,6)7)31(46)39-27(21-24-15-17-25(18-16-24)48-33(2,3)4)30(45)35-19-11-8-9-14-28(42)40-37-22-29(43)44/h15-18,26-27,37H,8-14,19-22H2,1-7H3,(H,35,45)(H,36,47)(H,38,41)(H,39,46)(H,40,42)(H,43,44)/t26-,27-/m0/s1. The van der Waals surface area contributed by atoms with Crippen LogP contribution in [0.4, 0.5) is 4.79 Å². The molecule has 276 valence electrons. The van der Waals surface area contributed by atoms with Gasteiger partial charge in [0.15, 0.2) is 0 Å². The summed E-state index contributed by atoms with van der Waals surface area (Å²) in [5.74, 6) is -2.06. The third-order valence-corrected chi connectivity index (χ3v) is 6.55. The fourth-order valence-corrected chi connectivity index (χ4v) is 4.46. The van der Waals surface area contributed by atoms with E-state index in [1.165, 1.54) is 6.92 Å². The number of hydrogen-bond acceptors (Lipinski definition) is 9. The first-order valence-electron chi connectivity index (χ1n) is 16.7. The number of aliphatic carboxylic acids is 1. The molecule has 0 aliphatic carbocycles. The van der Waals surface area contributed by atoms with Crippen LogP contribution in [0.25, 0.3) is 0 Å². The number of alkyl carbamates (subject to hydrolysis) is 1. The molecule has 15 heteroatoms. The minimum Gasteiger partial charge on any atom is -0.488 e. The third kappa shape index (κ3) is 22.0. The van der Waals surface area contributed by atoms with Crippen LogP contribution < -0.4 is 36.9 Å². The smallest absolute Gasteiger partial charge is 0.407 e. The van der Waals surface area contributed by atoms with E-state index in [4.69, 9.17) is 14.6 Å². The van der Waals surface area contributed by atoms with Crippen molar-refractivity contribution in [1.82, 2.24) is 32.1 Å². The lowest BCUT2D eigenvalue weighted by molar-refractivity contribution is -0.136. The summed E-state index contributed by atoms with van der Waals surface area (Å²) in [6.45, 7) is 12.7. The number of carboxylic acid groups (broad SMARTS) is 1. The van der Waals surface area contributed by atoms with Crippen LogP contribution in [-0.2, 0) is 35.1 Å². The highest BCUT2D eigenvalue weighted by atomic mass is 16.6. The molecule has 0 aromatic heterocycles. The van der Waals surface area contributed by atoms with Crippen LogP contribution in [0.15, 0.2) is 24.3 Å². The number of hydrogen-bond donors (Lipinski definition) is 7. The van der Waals surface area contributed by atoms with Gasteiger partial charge in [0.1, 0.15) is 35.6 Å².